The van der Waals surface area contributed by atoms with E-state index >= 15 is 0 Å². The third kappa shape index (κ3) is 7.88. The molecule has 2 amide bonds. The Labute approximate surface area is 353 Å². The molecule has 0 aromatic carbocycles. The maximum atomic E-state index is 13.0. The molecular weight excluding hydrogens is 783 g/mol. The fraction of sp³-hybridized carbons (Fsp3) is 0.429. The van der Waals surface area contributed by atoms with Crippen molar-refractivity contribution in [1.82, 2.24) is 39.9 Å². The number of carbonyl (C=O) groups excluding carboxylic acids is 2. The van der Waals surface area contributed by atoms with Crippen LogP contribution >= 0.6 is 11.6 Å². The Morgan fingerprint density at radius 1 is 0.700 bits per heavy atom. The number of H-pyrrole nitrogens is 2. The number of anilines is 4. The van der Waals surface area contributed by atoms with E-state index in [0.29, 0.717) is 23.4 Å². The van der Waals surface area contributed by atoms with Crippen LogP contribution in [0.1, 0.15) is 78.1 Å². The van der Waals surface area contributed by atoms with Crippen LogP contribution in [0.4, 0.5) is 23.0 Å². The fourth-order valence-corrected chi connectivity index (χ4v) is 9.17. The second-order valence-corrected chi connectivity index (χ2v) is 16.1. The number of hydrogen-bond acceptors (Lipinski definition) is 12. The van der Waals surface area contributed by atoms with Gasteiger partial charge in [-0.05, 0) is 74.4 Å². The molecule has 6 aromatic rings. The zero-order valence-corrected chi connectivity index (χ0v) is 35.0. The highest BCUT2D eigenvalue weighted by Crippen LogP contribution is 2.41. The van der Waals surface area contributed by atoms with Crippen molar-refractivity contribution in [1.29, 1.82) is 0 Å². The normalized spacial score (nSPS) is 19.3. The minimum atomic E-state index is -1.45. The van der Waals surface area contributed by atoms with Crippen molar-refractivity contribution in [2.45, 2.75) is 102 Å². The van der Waals surface area contributed by atoms with Crippen LogP contribution < -0.4 is 25.1 Å². The molecule has 60 heavy (non-hydrogen) atoms. The molecule has 0 unspecified atom stereocenters. The van der Waals surface area contributed by atoms with E-state index in [2.05, 4.69) is 57.7 Å². The average molecular weight is 833 g/mol. The first-order chi connectivity index (χ1) is 29.1. The Hall–Kier alpha value is -5.65. The summed E-state index contributed by atoms with van der Waals surface area (Å²) in [4.78, 5) is 65.8. The van der Waals surface area contributed by atoms with Crippen molar-refractivity contribution in [2.75, 3.05) is 33.7 Å². The number of halogens is 1. The first kappa shape index (κ1) is 41.1. The lowest BCUT2D eigenvalue weighted by atomic mass is 9.81. The lowest BCUT2D eigenvalue weighted by Gasteiger charge is -2.43. The van der Waals surface area contributed by atoms with E-state index in [1.54, 1.807) is 47.7 Å². The Morgan fingerprint density at radius 3 is 1.73 bits per heavy atom. The standard InChI is InChI=1S/C21H24N6O.C14H19ClN4O.C7H7BN2O2/c1-3-16-21(28)26(2)17-12-24-19(14-10-13-8-9-22-18(13)23-11-14)25-20(17)27(16)15-6-4-5-7-15;1-3-10-13(20)18(2)11-8-16-14(15)17-12(11)19(10)9-6-4-5-7-9;11-8(12)6-3-5-1-2-9-7(5)10-4-6/h8-12,15-16H,3-7H2,1-2H3,(H,22,23);8-10H,3-7H2,1-2H3;1-4,11-12H,(H,9,10)/t16-;10-;/m11./s1. The second kappa shape index (κ2) is 17.5. The van der Waals surface area contributed by atoms with Gasteiger partial charge < -0.3 is 39.6 Å². The second-order valence-electron chi connectivity index (χ2n) is 15.8. The number of carbonyl (C=O) groups is 2. The highest BCUT2D eigenvalue weighted by molar-refractivity contribution is 6.58. The van der Waals surface area contributed by atoms with Gasteiger partial charge in [0, 0.05) is 72.8 Å². The monoisotopic (exact) mass is 832 g/mol. The van der Waals surface area contributed by atoms with Crippen LogP contribution in [-0.4, -0.2) is 107 Å². The van der Waals surface area contributed by atoms with E-state index in [-0.39, 0.29) is 29.2 Å². The SMILES string of the molecule is CC[C@@H]1C(=O)N(C)c2cnc(-c3cnc4[nH]ccc4c3)nc2N1C1CCCC1.CC[C@@H]1C(=O)N(C)c2cnc(Cl)nc2N1C1CCCC1.OB(O)c1cnc2[nH]ccc2c1. The molecule has 312 valence electrons. The first-order valence-corrected chi connectivity index (χ1v) is 21.2. The first-order valence-electron chi connectivity index (χ1n) is 20.8. The minimum Gasteiger partial charge on any atom is -0.423 e. The predicted molar refractivity (Wildman–Crippen MR) is 235 cm³/mol. The van der Waals surface area contributed by atoms with Gasteiger partial charge in [-0.1, -0.05) is 39.5 Å². The van der Waals surface area contributed by atoms with Crippen molar-refractivity contribution in [3.05, 3.63) is 66.7 Å². The summed E-state index contributed by atoms with van der Waals surface area (Å²) < 4.78 is 0. The smallest absolute Gasteiger partial charge is 0.423 e. The summed E-state index contributed by atoms with van der Waals surface area (Å²) in [6.07, 6.45) is 21.2. The van der Waals surface area contributed by atoms with Gasteiger partial charge in [0.2, 0.25) is 17.1 Å². The number of amides is 2. The molecule has 2 aliphatic heterocycles. The van der Waals surface area contributed by atoms with Crippen LogP contribution in [0.25, 0.3) is 33.5 Å². The third-order valence-electron chi connectivity index (χ3n) is 12.2. The van der Waals surface area contributed by atoms with Gasteiger partial charge in [0.25, 0.3) is 0 Å². The summed E-state index contributed by atoms with van der Waals surface area (Å²) in [7, 11) is 2.16. The van der Waals surface area contributed by atoms with Gasteiger partial charge in [0.1, 0.15) is 34.8 Å². The van der Waals surface area contributed by atoms with E-state index in [1.807, 2.05) is 32.3 Å². The molecule has 0 bridgehead atoms. The Kier molecular flexibility index (Phi) is 12.0. The maximum absolute atomic E-state index is 13.0. The Balaban J connectivity index is 0.000000136. The molecule has 0 radical (unpaired) electrons. The van der Waals surface area contributed by atoms with Crippen LogP contribution in [0.5, 0.6) is 0 Å². The molecule has 16 nitrogen and oxygen atoms in total. The summed E-state index contributed by atoms with van der Waals surface area (Å²) in [5.41, 5.74) is 4.44. The Morgan fingerprint density at radius 2 is 1.20 bits per heavy atom. The van der Waals surface area contributed by atoms with Gasteiger partial charge in [-0.15, -0.1) is 0 Å². The molecule has 8 heterocycles. The molecule has 18 heteroatoms. The van der Waals surface area contributed by atoms with Crippen LogP contribution in [0.2, 0.25) is 5.28 Å². The average Bonchev–Trinajstić information content (AvgIpc) is 4.12. The van der Waals surface area contributed by atoms with Crippen molar-refractivity contribution in [2.24, 2.45) is 0 Å². The summed E-state index contributed by atoms with van der Waals surface area (Å²) in [6, 6.07) is 8.02. The highest BCUT2D eigenvalue weighted by Gasteiger charge is 2.42. The van der Waals surface area contributed by atoms with Crippen molar-refractivity contribution >= 4 is 81.1 Å². The van der Waals surface area contributed by atoms with Gasteiger partial charge in [-0.3, -0.25) is 9.59 Å². The van der Waals surface area contributed by atoms with E-state index in [9.17, 15) is 9.59 Å². The molecule has 10 rings (SSSR count). The predicted octanol–water partition coefficient (Wildman–Crippen LogP) is 5.40. The van der Waals surface area contributed by atoms with Gasteiger partial charge in [0.15, 0.2) is 17.5 Å². The quantitative estimate of drug-likeness (QED) is 0.123. The van der Waals surface area contributed by atoms with E-state index in [1.165, 1.54) is 31.9 Å². The van der Waals surface area contributed by atoms with Crippen molar-refractivity contribution in [3.63, 3.8) is 0 Å². The maximum Gasteiger partial charge on any atom is 0.490 e. The van der Waals surface area contributed by atoms with Gasteiger partial charge in [-0.2, -0.15) is 4.98 Å². The zero-order chi connectivity index (χ0) is 42.1. The largest absolute Gasteiger partial charge is 0.490 e. The number of nitrogens with zero attached hydrogens (tertiary/aromatic N) is 10. The third-order valence-corrected chi connectivity index (χ3v) is 12.4. The van der Waals surface area contributed by atoms with Gasteiger partial charge >= 0.3 is 7.12 Å². The summed E-state index contributed by atoms with van der Waals surface area (Å²) in [6.45, 7) is 4.13. The number of fused-ring (bicyclic) bond motifs is 4. The molecule has 2 atom stereocenters. The topological polar surface area (TPSA) is 196 Å². The number of hydrogen-bond donors (Lipinski definition) is 4. The molecule has 4 aliphatic rings. The number of nitrogens with one attached hydrogen (secondary N) is 2. The zero-order valence-electron chi connectivity index (χ0n) is 34.3. The van der Waals surface area contributed by atoms with Crippen LogP contribution in [-0.2, 0) is 9.59 Å². The lowest BCUT2D eigenvalue weighted by Crippen LogP contribution is -2.55. The van der Waals surface area contributed by atoms with Crippen LogP contribution in [0, 0.1) is 0 Å². The molecular formula is C42H50BClN12O4. The molecule has 0 spiro atoms. The van der Waals surface area contributed by atoms with E-state index in [4.69, 9.17) is 26.6 Å². The Bertz CT molecular complexity index is 2490. The fourth-order valence-electron chi connectivity index (χ4n) is 9.04. The molecule has 6 aromatic heterocycles. The number of likely N-dealkylation sites (N-methyl/N-ethyl adjacent to an activating group) is 2. The summed E-state index contributed by atoms with van der Waals surface area (Å²) >= 11 is 5.97. The van der Waals surface area contributed by atoms with Crippen LogP contribution in [0.15, 0.2) is 61.4 Å². The molecule has 2 saturated carbocycles. The number of pyridine rings is 2. The van der Waals surface area contributed by atoms with Crippen molar-refractivity contribution < 1.29 is 19.6 Å². The molecule has 2 fully saturated rings. The summed E-state index contributed by atoms with van der Waals surface area (Å²) in [5.74, 6) is 2.59. The number of rotatable bonds is 6. The molecule has 4 N–H and O–H groups in total. The summed E-state index contributed by atoms with van der Waals surface area (Å²) in [5, 5.41) is 19.8. The molecule has 0 saturated heterocycles. The van der Waals surface area contributed by atoms with Crippen LogP contribution in [0.3, 0.4) is 0 Å². The number of aromatic nitrogens is 8. The van der Waals surface area contributed by atoms with E-state index < -0.39 is 7.12 Å². The highest BCUT2D eigenvalue weighted by atomic mass is 35.5. The molecule has 2 aliphatic carbocycles. The number of aromatic amines is 2. The van der Waals surface area contributed by atoms with Gasteiger partial charge in [-0.25, -0.2) is 24.9 Å². The lowest BCUT2D eigenvalue weighted by molar-refractivity contribution is -0.120. The van der Waals surface area contributed by atoms with Gasteiger partial charge in [0.05, 0.1) is 12.4 Å². The van der Waals surface area contributed by atoms with E-state index in [0.717, 1.165) is 89.2 Å². The van der Waals surface area contributed by atoms with Crippen molar-refractivity contribution in [3.8, 4) is 11.4 Å². The minimum absolute atomic E-state index is 0.123.